The molecule has 23 heavy (non-hydrogen) atoms. The summed E-state index contributed by atoms with van der Waals surface area (Å²) >= 11 is 0. The minimum atomic E-state index is -0.624. The van der Waals surface area contributed by atoms with Crippen LogP contribution >= 0.6 is 12.4 Å². The van der Waals surface area contributed by atoms with Gasteiger partial charge in [-0.15, -0.1) is 12.4 Å². The van der Waals surface area contributed by atoms with E-state index in [1.165, 1.54) is 6.92 Å². The van der Waals surface area contributed by atoms with Crippen LogP contribution in [0.3, 0.4) is 0 Å². The Kier molecular flexibility index (Phi) is 11.0. The molecule has 7 heteroatoms. The molecule has 0 radical (unpaired) electrons. The Morgan fingerprint density at radius 2 is 1.96 bits per heavy atom. The number of amides is 1. The quantitative estimate of drug-likeness (QED) is 0.496. The summed E-state index contributed by atoms with van der Waals surface area (Å²) in [6.07, 6.45) is -0.624. The van der Waals surface area contributed by atoms with Crippen LogP contribution < -0.4 is 15.4 Å². The SMILES string of the molecule is COCCNCCNC(=O)C(C)Oc1cccc(C(C)=O)c1.Cl. The maximum atomic E-state index is 11.9. The molecule has 6 nitrogen and oxygen atoms in total. The fourth-order valence-corrected chi connectivity index (χ4v) is 1.76. The van der Waals surface area contributed by atoms with Crippen molar-refractivity contribution >= 4 is 24.1 Å². The summed E-state index contributed by atoms with van der Waals surface area (Å²) < 4.78 is 10.5. The van der Waals surface area contributed by atoms with Crippen molar-refractivity contribution in [3.05, 3.63) is 29.8 Å². The van der Waals surface area contributed by atoms with Crippen LogP contribution in [0, 0.1) is 0 Å². The number of methoxy groups -OCH3 is 1. The van der Waals surface area contributed by atoms with Gasteiger partial charge in [-0.3, -0.25) is 9.59 Å². The number of halogens is 1. The molecule has 130 valence electrons. The number of ketones is 1. The molecular weight excluding hydrogens is 320 g/mol. The van der Waals surface area contributed by atoms with Gasteiger partial charge >= 0.3 is 0 Å². The highest BCUT2D eigenvalue weighted by atomic mass is 35.5. The highest BCUT2D eigenvalue weighted by Gasteiger charge is 2.14. The summed E-state index contributed by atoms with van der Waals surface area (Å²) in [5.41, 5.74) is 0.562. The predicted molar refractivity (Wildman–Crippen MR) is 91.5 cm³/mol. The third-order valence-corrected chi connectivity index (χ3v) is 3.01. The lowest BCUT2D eigenvalue weighted by Crippen LogP contribution is -2.40. The molecule has 0 fully saturated rings. The Labute approximate surface area is 143 Å². The summed E-state index contributed by atoms with van der Waals surface area (Å²) in [5, 5.41) is 5.91. The molecule has 0 aliphatic rings. The van der Waals surface area contributed by atoms with Crippen molar-refractivity contribution in [2.75, 3.05) is 33.4 Å². The van der Waals surface area contributed by atoms with Crippen molar-refractivity contribution in [3.8, 4) is 5.75 Å². The lowest BCUT2D eigenvalue weighted by atomic mass is 10.1. The standard InChI is InChI=1S/C16H24N2O4.ClH/c1-12(19)14-5-4-6-15(11-14)22-13(2)16(20)18-8-7-17-9-10-21-3;/h4-6,11,13,17H,7-10H2,1-3H3,(H,18,20);1H. The monoisotopic (exact) mass is 344 g/mol. The zero-order valence-corrected chi connectivity index (χ0v) is 14.6. The lowest BCUT2D eigenvalue weighted by molar-refractivity contribution is -0.127. The van der Waals surface area contributed by atoms with Crippen molar-refractivity contribution in [1.29, 1.82) is 0 Å². The second kappa shape index (κ2) is 11.9. The van der Waals surface area contributed by atoms with Crippen molar-refractivity contribution in [1.82, 2.24) is 10.6 Å². The highest BCUT2D eigenvalue weighted by molar-refractivity contribution is 5.94. The Bertz CT molecular complexity index is 497. The van der Waals surface area contributed by atoms with Gasteiger partial charge in [0.1, 0.15) is 5.75 Å². The van der Waals surface area contributed by atoms with Crippen LogP contribution in [0.1, 0.15) is 24.2 Å². The fraction of sp³-hybridized carbons (Fsp3) is 0.500. The van der Waals surface area contributed by atoms with Crippen LogP contribution in [0.5, 0.6) is 5.75 Å². The number of carbonyl (C=O) groups is 2. The van der Waals surface area contributed by atoms with E-state index in [4.69, 9.17) is 9.47 Å². The molecule has 0 spiro atoms. The Hall–Kier alpha value is -1.63. The van der Waals surface area contributed by atoms with Gasteiger partial charge in [-0.2, -0.15) is 0 Å². The summed E-state index contributed by atoms with van der Waals surface area (Å²) in [5.74, 6) is 0.278. The van der Waals surface area contributed by atoms with E-state index in [0.29, 0.717) is 31.0 Å². The normalized spacial score (nSPS) is 11.3. The molecule has 1 amide bonds. The van der Waals surface area contributed by atoms with E-state index < -0.39 is 6.10 Å². The van der Waals surface area contributed by atoms with E-state index in [1.54, 1.807) is 38.3 Å². The van der Waals surface area contributed by atoms with E-state index in [9.17, 15) is 9.59 Å². The number of benzene rings is 1. The first-order valence-electron chi connectivity index (χ1n) is 7.29. The Morgan fingerprint density at radius 1 is 1.22 bits per heavy atom. The number of hydrogen-bond acceptors (Lipinski definition) is 5. The molecule has 1 aromatic carbocycles. The number of nitrogens with one attached hydrogen (secondary N) is 2. The molecule has 0 aliphatic heterocycles. The van der Waals surface area contributed by atoms with Crippen LogP contribution in [0.15, 0.2) is 24.3 Å². The molecule has 2 N–H and O–H groups in total. The molecule has 0 aromatic heterocycles. The van der Waals surface area contributed by atoms with Gasteiger partial charge < -0.3 is 20.1 Å². The van der Waals surface area contributed by atoms with Crippen LogP contribution in [-0.4, -0.2) is 51.1 Å². The molecule has 1 aromatic rings. The predicted octanol–water partition coefficient (Wildman–Crippen LogP) is 1.43. The summed E-state index contributed by atoms with van der Waals surface area (Å²) in [4.78, 5) is 23.2. The van der Waals surface area contributed by atoms with E-state index in [-0.39, 0.29) is 24.1 Å². The number of Topliss-reactive ketones (excluding diaryl/α,β-unsaturated/α-hetero) is 1. The summed E-state index contributed by atoms with van der Waals surface area (Å²) in [6, 6.07) is 6.81. The minimum absolute atomic E-state index is 0. The van der Waals surface area contributed by atoms with E-state index >= 15 is 0 Å². The molecule has 0 saturated carbocycles. The van der Waals surface area contributed by atoms with Crippen molar-refractivity contribution in [3.63, 3.8) is 0 Å². The van der Waals surface area contributed by atoms with E-state index in [1.807, 2.05) is 0 Å². The second-order valence-electron chi connectivity index (χ2n) is 4.88. The van der Waals surface area contributed by atoms with Crippen LogP contribution in [-0.2, 0) is 9.53 Å². The molecule has 0 saturated heterocycles. The number of rotatable bonds is 10. The first-order valence-corrected chi connectivity index (χ1v) is 7.29. The van der Waals surface area contributed by atoms with Crippen LogP contribution in [0.2, 0.25) is 0 Å². The first-order chi connectivity index (χ1) is 10.5. The number of ether oxygens (including phenoxy) is 2. The third-order valence-electron chi connectivity index (χ3n) is 3.01. The topological polar surface area (TPSA) is 76.7 Å². The molecule has 1 unspecified atom stereocenters. The van der Waals surface area contributed by atoms with Crippen molar-refractivity contribution < 1.29 is 19.1 Å². The largest absolute Gasteiger partial charge is 0.481 e. The van der Waals surface area contributed by atoms with Gasteiger partial charge in [0.25, 0.3) is 5.91 Å². The van der Waals surface area contributed by atoms with Crippen LogP contribution in [0.4, 0.5) is 0 Å². The number of carbonyl (C=O) groups excluding carboxylic acids is 2. The average molecular weight is 345 g/mol. The Balaban J connectivity index is 0.00000484. The third kappa shape index (κ3) is 8.54. The lowest BCUT2D eigenvalue weighted by Gasteiger charge is -2.15. The van der Waals surface area contributed by atoms with Gasteiger partial charge in [0, 0.05) is 32.3 Å². The molecule has 1 rings (SSSR count). The zero-order chi connectivity index (χ0) is 16.4. The maximum Gasteiger partial charge on any atom is 0.260 e. The molecule has 0 aliphatic carbocycles. The van der Waals surface area contributed by atoms with Gasteiger partial charge in [0.05, 0.1) is 6.61 Å². The van der Waals surface area contributed by atoms with Gasteiger partial charge in [0.2, 0.25) is 0 Å². The highest BCUT2D eigenvalue weighted by Crippen LogP contribution is 2.15. The van der Waals surface area contributed by atoms with E-state index in [0.717, 1.165) is 6.54 Å². The molecular formula is C16H25ClN2O4. The first kappa shape index (κ1) is 21.4. The smallest absolute Gasteiger partial charge is 0.260 e. The van der Waals surface area contributed by atoms with Crippen molar-refractivity contribution in [2.24, 2.45) is 0 Å². The van der Waals surface area contributed by atoms with Gasteiger partial charge in [-0.05, 0) is 26.0 Å². The summed E-state index contributed by atoms with van der Waals surface area (Å²) in [6.45, 7) is 5.74. The number of hydrogen-bond donors (Lipinski definition) is 2. The zero-order valence-electron chi connectivity index (χ0n) is 13.8. The van der Waals surface area contributed by atoms with E-state index in [2.05, 4.69) is 10.6 Å². The minimum Gasteiger partial charge on any atom is -0.481 e. The van der Waals surface area contributed by atoms with Gasteiger partial charge in [-0.25, -0.2) is 0 Å². The average Bonchev–Trinajstić information content (AvgIpc) is 2.50. The Morgan fingerprint density at radius 3 is 2.61 bits per heavy atom. The molecule has 1 atom stereocenters. The van der Waals surface area contributed by atoms with Crippen molar-refractivity contribution in [2.45, 2.75) is 20.0 Å². The maximum absolute atomic E-state index is 11.9. The van der Waals surface area contributed by atoms with Crippen LogP contribution in [0.25, 0.3) is 0 Å². The second-order valence-corrected chi connectivity index (χ2v) is 4.88. The molecule has 0 bridgehead atoms. The fourth-order valence-electron chi connectivity index (χ4n) is 1.76. The van der Waals surface area contributed by atoms with Gasteiger partial charge in [0.15, 0.2) is 11.9 Å². The van der Waals surface area contributed by atoms with Gasteiger partial charge in [-0.1, -0.05) is 12.1 Å². The summed E-state index contributed by atoms with van der Waals surface area (Å²) in [7, 11) is 1.64. The molecule has 0 heterocycles.